The van der Waals surface area contributed by atoms with Crippen molar-refractivity contribution in [2.24, 2.45) is 0 Å². The Morgan fingerprint density at radius 3 is 2.81 bits per heavy atom. The number of pyridine rings is 1. The maximum Gasteiger partial charge on any atom is 0.180 e. The molecule has 0 fully saturated rings. The Hall–Kier alpha value is -3.74. The molecule has 0 unspecified atom stereocenters. The van der Waals surface area contributed by atoms with Crippen molar-refractivity contribution in [1.82, 2.24) is 23.9 Å². The Kier molecular flexibility index (Phi) is 4.86. The monoisotopic (exact) mass is 414 g/mol. The van der Waals surface area contributed by atoms with Gasteiger partial charge in [-0.2, -0.15) is 0 Å². The second-order valence-corrected chi connectivity index (χ2v) is 7.89. The molecule has 156 valence electrons. The van der Waals surface area contributed by atoms with E-state index in [0.717, 1.165) is 17.9 Å². The Labute approximate surface area is 179 Å². The summed E-state index contributed by atoms with van der Waals surface area (Å²) in [5.41, 5.74) is 4.31. The molecule has 1 aromatic carbocycles. The smallest absolute Gasteiger partial charge is 0.180 e. The molecular formula is C24H23FN6. The number of fused-ring (bicyclic) bond motifs is 2. The Bertz CT molecular complexity index is 1370. The summed E-state index contributed by atoms with van der Waals surface area (Å²) in [6.45, 7) is 5.70. The second kappa shape index (κ2) is 7.83. The van der Waals surface area contributed by atoms with Crippen molar-refractivity contribution < 1.29 is 4.39 Å². The number of rotatable bonds is 6. The molecule has 0 radical (unpaired) electrons. The minimum Gasteiger partial charge on any atom is -0.365 e. The second-order valence-electron chi connectivity index (χ2n) is 7.89. The highest BCUT2D eigenvalue weighted by molar-refractivity contribution is 5.80. The van der Waals surface area contributed by atoms with Crippen LogP contribution in [-0.2, 0) is 6.54 Å². The number of hydrogen-bond acceptors (Lipinski definition) is 4. The summed E-state index contributed by atoms with van der Waals surface area (Å²) in [5, 5.41) is 4.66. The van der Waals surface area contributed by atoms with E-state index in [4.69, 9.17) is 4.98 Å². The summed E-state index contributed by atoms with van der Waals surface area (Å²) in [6, 6.07) is 11.9. The fourth-order valence-corrected chi connectivity index (χ4v) is 3.87. The number of nitrogens with zero attached hydrogens (tertiary/aromatic N) is 5. The van der Waals surface area contributed by atoms with E-state index in [2.05, 4.69) is 58.1 Å². The number of anilines is 1. The number of hydrogen-bond donors (Lipinski definition) is 1. The Balaban J connectivity index is 1.49. The lowest BCUT2D eigenvalue weighted by atomic mass is 10.1. The first-order valence-electron chi connectivity index (χ1n) is 10.4. The van der Waals surface area contributed by atoms with Crippen molar-refractivity contribution in [3.63, 3.8) is 0 Å². The fraction of sp³-hybridized carbons (Fsp3) is 0.208. The van der Waals surface area contributed by atoms with E-state index in [-0.39, 0.29) is 11.7 Å². The zero-order valence-corrected chi connectivity index (χ0v) is 17.5. The van der Waals surface area contributed by atoms with Gasteiger partial charge < -0.3 is 9.88 Å². The lowest BCUT2D eigenvalue weighted by Gasteiger charge is -2.13. The molecule has 0 bridgehead atoms. The number of nitrogens with one attached hydrogen (secondary N) is 1. The van der Waals surface area contributed by atoms with Gasteiger partial charge in [-0.3, -0.25) is 9.38 Å². The number of imidazole rings is 1. The molecule has 31 heavy (non-hydrogen) atoms. The van der Waals surface area contributed by atoms with E-state index in [1.807, 2.05) is 28.9 Å². The molecule has 0 saturated heterocycles. The van der Waals surface area contributed by atoms with E-state index < -0.39 is 0 Å². The van der Waals surface area contributed by atoms with Crippen LogP contribution in [0.3, 0.4) is 0 Å². The van der Waals surface area contributed by atoms with Gasteiger partial charge in [0.25, 0.3) is 0 Å². The molecule has 7 heteroatoms. The van der Waals surface area contributed by atoms with Gasteiger partial charge in [-0.15, -0.1) is 0 Å². The molecular weight excluding hydrogens is 391 g/mol. The van der Waals surface area contributed by atoms with Crippen LogP contribution in [0.5, 0.6) is 0 Å². The highest BCUT2D eigenvalue weighted by Gasteiger charge is 2.15. The van der Waals surface area contributed by atoms with E-state index in [1.54, 1.807) is 6.20 Å². The summed E-state index contributed by atoms with van der Waals surface area (Å²) in [6.07, 6.45) is 8.69. The van der Waals surface area contributed by atoms with Crippen molar-refractivity contribution in [3.8, 4) is 11.3 Å². The molecule has 0 aliphatic rings. The number of halogens is 1. The van der Waals surface area contributed by atoms with Gasteiger partial charge in [-0.05, 0) is 29.5 Å². The summed E-state index contributed by atoms with van der Waals surface area (Å²) in [5.74, 6) is 0.572. The summed E-state index contributed by atoms with van der Waals surface area (Å²) >= 11 is 0. The van der Waals surface area contributed by atoms with Gasteiger partial charge >= 0.3 is 0 Å². The predicted octanol–water partition coefficient (Wildman–Crippen LogP) is 5.12. The van der Waals surface area contributed by atoms with Crippen molar-refractivity contribution in [2.75, 3.05) is 11.9 Å². The molecule has 0 aliphatic heterocycles. The molecule has 4 heterocycles. The van der Waals surface area contributed by atoms with Crippen molar-refractivity contribution in [2.45, 2.75) is 26.3 Å². The molecule has 1 N–H and O–H groups in total. The number of aromatic nitrogens is 5. The van der Waals surface area contributed by atoms with E-state index in [9.17, 15) is 4.39 Å². The average molecular weight is 414 g/mol. The first-order chi connectivity index (χ1) is 15.1. The minimum absolute atomic E-state index is 0.287. The quantitative estimate of drug-likeness (QED) is 0.419. The fourth-order valence-electron chi connectivity index (χ4n) is 3.87. The summed E-state index contributed by atoms with van der Waals surface area (Å²) in [4.78, 5) is 13.3. The average Bonchev–Trinajstić information content (AvgIpc) is 3.38. The lowest BCUT2D eigenvalue weighted by Crippen LogP contribution is -2.12. The van der Waals surface area contributed by atoms with Crippen LogP contribution in [-0.4, -0.2) is 30.5 Å². The topological polar surface area (TPSA) is 60.0 Å². The van der Waals surface area contributed by atoms with Gasteiger partial charge in [-0.25, -0.2) is 14.4 Å². The highest BCUT2D eigenvalue weighted by Crippen LogP contribution is 2.26. The first-order valence-corrected chi connectivity index (χ1v) is 10.4. The van der Waals surface area contributed by atoms with Gasteiger partial charge in [0.2, 0.25) is 0 Å². The van der Waals surface area contributed by atoms with Gasteiger partial charge in [-0.1, -0.05) is 32.0 Å². The third-order valence-electron chi connectivity index (χ3n) is 5.44. The van der Waals surface area contributed by atoms with Crippen LogP contribution in [0.2, 0.25) is 0 Å². The van der Waals surface area contributed by atoms with Crippen LogP contribution < -0.4 is 5.32 Å². The number of benzene rings is 1. The zero-order chi connectivity index (χ0) is 21.4. The highest BCUT2D eigenvalue weighted by atomic mass is 19.1. The lowest BCUT2D eigenvalue weighted by molar-refractivity contribution is 0.622. The molecule has 0 atom stereocenters. The van der Waals surface area contributed by atoms with Gasteiger partial charge in [0, 0.05) is 54.7 Å². The number of para-hydroxylation sites is 1. The summed E-state index contributed by atoms with van der Waals surface area (Å²) < 4.78 is 18.0. The largest absolute Gasteiger partial charge is 0.365 e. The Morgan fingerprint density at radius 1 is 1.10 bits per heavy atom. The van der Waals surface area contributed by atoms with E-state index >= 15 is 0 Å². The minimum atomic E-state index is -0.386. The van der Waals surface area contributed by atoms with Crippen LogP contribution in [0.1, 0.15) is 25.5 Å². The van der Waals surface area contributed by atoms with Crippen molar-refractivity contribution in [3.05, 3.63) is 78.9 Å². The molecule has 0 saturated carbocycles. The molecule has 0 aliphatic carbocycles. The van der Waals surface area contributed by atoms with E-state index in [0.29, 0.717) is 23.6 Å². The summed E-state index contributed by atoms with van der Waals surface area (Å²) in [7, 11) is 0. The zero-order valence-electron chi connectivity index (χ0n) is 17.5. The maximum atomic E-state index is 13.8. The maximum absolute atomic E-state index is 13.8. The van der Waals surface area contributed by atoms with Crippen LogP contribution in [0.4, 0.5) is 10.2 Å². The van der Waals surface area contributed by atoms with Crippen LogP contribution >= 0.6 is 0 Å². The SMILES string of the molecule is CC(C)c1cnc2c(NCCn3ccc4ccccc43)nc(-c3cncc(F)c3)cn12. The predicted molar refractivity (Wildman–Crippen MR) is 121 cm³/mol. The van der Waals surface area contributed by atoms with Crippen LogP contribution in [0, 0.1) is 5.82 Å². The first kappa shape index (κ1) is 19.2. The third-order valence-corrected chi connectivity index (χ3v) is 5.44. The Morgan fingerprint density at radius 2 is 1.97 bits per heavy atom. The van der Waals surface area contributed by atoms with Crippen molar-refractivity contribution >= 4 is 22.4 Å². The van der Waals surface area contributed by atoms with Gasteiger partial charge in [0.1, 0.15) is 5.82 Å². The van der Waals surface area contributed by atoms with Crippen LogP contribution in [0.15, 0.2) is 67.4 Å². The third kappa shape index (κ3) is 3.63. The van der Waals surface area contributed by atoms with Crippen molar-refractivity contribution in [1.29, 1.82) is 0 Å². The van der Waals surface area contributed by atoms with Gasteiger partial charge in [0.05, 0.1) is 11.9 Å². The molecule has 6 nitrogen and oxygen atoms in total. The normalized spacial score (nSPS) is 11.6. The molecule has 4 aromatic heterocycles. The molecule has 0 spiro atoms. The van der Waals surface area contributed by atoms with Crippen LogP contribution in [0.25, 0.3) is 27.8 Å². The molecule has 0 amide bonds. The molecule has 5 aromatic rings. The van der Waals surface area contributed by atoms with Gasteiger partial charge in [0.15, 0.2) is 11.5 Å². The van der Waals surface area contributed by atoms with E-state index in [1.165, 1.54) is 23.2 Å². The molecule has 5 rings (SSSR count). The standard InChI is InChI=1S/C24H23FN6/c1-16(2)22-14-28-24-23(27-8-10-30-9-7-17-5-3-4-6-21(17)30)29-20(15-31(22)24)18-11-19(25)13-26-12-18/h3-7,9,11-16H,8,10H2,1-2H3,(H,27,29).